The van der Waals surface area contributed by atoms with Crippen molar-refractivity contribution in [3.8, 4) is 11.5 Å². The van der Waals surface area contributed by atoms with Crippen LogP contribution in [0.5, 0.6) is 11.5 Å². The lowest BCUT2D eigenvalue weighted by molar-refractivity contribution is 0.0702. The molecule has 0 radical (unpaired) electrons. The van der Waals surface area contributed by atoms with Gasteiger partial charge in [-0.15, -0.1) is 11.3 Å². The van der Waals surface area contributed by atoms with Gasteiger partial charge in [0.15, 0.2) is 0 Å². The van der Waals surface area contributed by atoms with Crippen molar-refractivity contribution in [2.45, 2.75) is 18.4 Å². The van der Waals surface area contributed by atoms with Crippen LogP contribution in [0.4, 0.5) is 0 Å². The normalized spacial score (nSPS) is 14.8. The molecule has 3 aromatic rings. The number of methoxy groups -OCH3 is 1. The molecule has 1 fully saturated rings. The lowest BCUT2D eigenvalue weighted by atomic mass is 10.2. The molecule has 7 nitrogen and oxygen atoms in total. The summed E-state index contributed by atoms with van der Waals surface area (Å²) in [6.07, 6.45) is 0. The van der Waals surface area contributed by atoms with Crippen molar-refractivity contribution in [1.29, 1.82) is 0 Å². The SMILES string of the molecule is COc1ccc(OCc2csc(C(=O)N3CCN(S(=O)(=O)c4ccc(C)cc4)CC3)c2)cc1. The maximum absolute atomic E-state index is 12.9. The number of carbonyl (C=O) groups excluding carboxylic acids is 1. The minimum absolute atomic E-state index is 0.0805. The first-order chi connectivity index (χ1) is 15.9. The van der Waals surface area contributed by atoms with E-state index in [1.54, 1.807) is 36.3 Å². The summed E-state index contributed by atoms with van der Waals surface area (Å²) in [5, 5.41) is 1.91. The number of aryl methyl sites for hydroxylation is 1. The summed E-state index contributed by atoms with van der Waals surface area (Å²) < 4.78 is 38.1. The summed E-state index contributed by atoms with van der Waals surface area (Å²) in [6.45, 7) is 3.56. The van der Waals surface area contributed by atoms with Crippen LogP contribution in [0.15, 0.2) is 64.9 Å². The van der Waals surface area contributed by atoms with Gasteiger partial charge in [-0.05, 0) is 54.8 Å². The van der Waals surface area contributed by atoms with E-state index in [-0.39, 0.29) is 23.9 Å². The van der Waals surface area contributed by atoms with Crippen LogP contribution >= 0.6 is 11.3 Å². The highest BCUT2D eigenvalue weighted by atomic mass is 32.2. The number of ether oxygens (including phenoxy) is 2. The molecule has 1 aliphatic rings. The van der Waals surface area contributed by atoms with Gasteiger partial charge in [-0.1, -0.05) is 17.7 Å². The van der Waals surface area contributed by atoms with Crippen molar-refractivity contribution < 1.29 is 22.7 Å². The molecule has 174 valence electrons. The Labute approximate surface area is 198 Å². The van der Waals surface area contributed by atoms with Crippen LogP contribution in [-0.4, -0.2) is 56.8 Å². The molecule has 9 heteroatoms. The Kier molecular flexibility index (Phi) is 7.02. The molecule has 0 unspecified atom stereocenters. The van der Waals surface area contributed by atoms with Gasteiger partial charge >= 0.3 is 0 Å². The molecule has 2 aromatic carbocycles. The number of nitrogens with zero attached hydrogens (tertiary/aromatic N) is 2. The first-order valence-corrected chi connectivity index (χ1v) is 12.9. The molecular weight excluding hydrogens is 460 g/mol. The number of carbonyl (C=O) groups is 1. The van der Waals surface area contributed by atoms with E-state index in [4.69, 9.17) is 9.47 Å². The number of hydrogen-bond donors (Lipinski definition) is 0. The predicted molar refractivity (Wildman–Crippen MR) is 127 cm³/mol. The van der Waals surface area contributed by atoms with Crippen LogP contribution in [0.2, 0.25) is 0 Å². The van der Waals surface area contributed by atoms with E-state index in [1.165, 1.54) is 15.6 Å². The van der Waals surface area contributed by atoms with Crippen LogP contribution in [0.1, 0.15) is 20.8 Å². The molecule has 1 aliphatic heterocycles. The van der Waals surface area contributed by atoms with Gasteiger partial charge in [0, 0.05) is 31.7 Å². The van der Waals surface area contributed by atoms with E-state index in [2.05, 4.69) is 0 Å². The largest absolute Gasteiger partial charge is 0.497 e. The molecule has 1 saturated heterocycles. The van der Waals surface area contributed by atoms with Crippen LogP contribution in [-0.2, 0) is 16.6 Å². The molecule has 0 aliphatic carbocycles. The molecule has 4 rings (SSSR count). The van der Waals surface area contributed by atoms with Gasteiger partial charge in [0.25, 0.3) is 5.91 Å². The standard InChI is InChI=1S/C24H26N2O5S2/c1-18-3-9-22(10-4-18)33(28,29)26-13-11-25(12-14-26)24(27)23-15-19(17-32-23)16-31-21-7-5-20(30-2)6-8-21/h3-10,15,17H,11-14,16H2,1-2H3. The van der Waals surface area contributed by atoms with Gasteiger partial charge in [-0.25, -0.2) is 8.42 Å². The minimum atomic E-state index is -3.55. The summed E-state index contributed by atoms with van der Waals surface area (Å²) >= 11 is 1.37. The zero-order valence-electron chi connectivity index (χ0n) is 18.6. The molecule has 1 amide bonds. The van der Waals surface area contributed by atoms with E-state index in [0.717, 1.165) is 22.6 Å². The van der Waals surface area contributed by atoms with Crippen molar-refractivity contribution in [2.75, 3.05) is 33.3 Å². The van der Waals surface area contributed by atoms with E-state index in [1.807, 2.05) is 42.6 Å². The first kappa shape index (κ1) is 23.3. The molecular formula is C24H26N2O5S2. The zero-order chi connectivity index (χ0) is 23.4. The van der Waals surface area contributed by atoms with Gasteiger partial charge in [0.2, 0.25) is 10.0 Å². The molecule has 0 spiro atoms. The maximum atomic E-state index is 12.9. The van der Waals surface area contributed by atoms with E-state index >= 15 is 0 Å². The van der Waals surface area contributed by atoms with Crippen LogP contribution in [0, 0.1) is 6.92 Å². The van der Waals surface area contributed by atoms with Crippen molar-refractivity contribution in [1.82, 2.24) is 9.21 Å². The fourth-order valence-corrected chi connectivity index (χ4v) is 5.83. The van der Waals surface area contributed by atoms with Crippen molar-refractivity contribution in [3.63, 3.8) is 0 Å². The van der Waals surface area contributed by atoms with Crippen molar-refractivity contribution in [2.24, 2.45) is 0 Å². The summed E-state index contributed by atoms with van der Waals surface area (Å²) in [4.78, 5) is 15.6. The number of piperazine rings is 1. The van der Waals surface area contributed by atoms with Crippen molar-refractivity contribution >= 4 is 27.3 Å². The number of rotatable bonds is 7. The quantitative estimate of drug-likeness (QED) is 0.508. The average molecular weight is 487 g/mol. The highest BCUT2D eigenvalue weighted by molar-refractivity contribution is 7.89. The van der Waals surface area contributed by atoms with E-state index in [9.17, 15) is 13.2 Å². The molecule has 0 bridgehead atoms. The number of benzene rings is 2. The Bertz CT molecular complexity index is 1200. The molecule has 2 heterocycles. The summed E-state index contributed by atoms with van der Waals surface area (Å²) in [7, 11) is -1.94. The first-order valence-electron chi connectivity index (χ1n) is 10.6. The lowest BCUT2D eigenvalue weighted by Crippen LogP contribution is -2.50. The Hall–Kier alpha value is -2.88. The highest BCUT2D eigenvalue weighted by Gasteiger charge is 2.30. The number of hydrogen-bond acceptors (Lipinski definition) is 6. The Morgan fingerprint density at radius 3 is 2.24 bits per heavy atom. The average Bonchev–Trinajstić information content (AvgIpc) is 3.32. The van der Waals surface area contributed by atoms with Crippen LogP contribution in [0.3, 0.4) is 0 Å². The van der Waals surface area contributed by atoms with Crippen LogP contribution < -0.4 is 9.47 Å². The molecule has 0 N–H and O–H groups in total. The van der Waals surface area contributed by atoms with E-state index < -0.39 is 10.0 Å². The molecule has 1 aromatic heterocycles. The lowest BCUT2D eigenvalue weighted by Gasteiger charge is -2.33. The summed E-state index contributed by atoms with van der Waals surface area (Å²) in [5.41, 5.74) is 1.92. The third-order valence-corrected chi connectivity index (χ3v) is 8.39. The third kappa shape index (κ3) is 5.38. The summed E-state index contributed by atoms with van der Waals surface area (Å²) in [6, 6.07) is 16.0. The molecule has 33 heavy (non-hydrogen) atoms. The molecule has 0 atom stereocenters. The number of amides is 1. The molecule has 0 saturated carbocycles. The number of thiophene rings is 1. The van der Waals surface area contributed by atoms with Gasteiger partial charge in [-0.2, -0.15) is 4.31 Å². The van der Waals surface area contributed by atoms with Gasteiger partial charge in [0.1, 0.15) is 18.1 Å². The maximum Gasteiger partial charge on any atom is 0.264 e. The zero-order valence-corrected chi connectivity index (χ0v) is 20.2. The Balaban J connectivity index is 1.32. The number of sulfonamides is 1. The second-order valence-corrected chi connectivity index (χ2v) is 10.6. The monoisotopic (exact) mass is 486 g/mol. The van der Waals surface area contributed by atoms with Gasteiger partial charge in [0.05, 0.1) is 16.9 Å². The predicted octanol–water partition coefficient (Wildman–Crippen LogP) is 3.79. The van der Waals surface area contributed by atoms with Crippen LogP contribution in [0.25, 0.3) is 0 Å². The Morgan fingerprint density at radius 1 is 0.970 bits per heavy atom. The second kappa shape index (κ2) is 9.94. The topological polar surface area (TPSA) is 76.2 Å². The minimum Gasteiger partial charge on any atom is -0.497 e. The van der Waals surface area contributed by atoms with Crippen molar-refractivity contribution in [3.05, 3.63) is 76.0 Å². The van der Waals surface area contributed by atoms with Gasteiger partial charge in [-0.3, -0.25) is 4.79 Å². The highest BCUT2D eigenvalue weighted by Crippen LogP contribution is 2.23. The van der Waals surface area contributed by atoms with Gasteiger partial charge < -0.3 is 14.4 Å². The fraction of sp³-hybridized carbons (Fsp3) is 0.292. The summed E-state index contributed by atoms with van der Waals surface area (Å²) in [5.74, 6) is 1.40. The second-order valence-electron chi connectivity index (χ2n) is 7.79. The third-order valence-electron chi connectivity index (χ3n) is 5.51. The smallest absolute Gasteiger partial charge is 0.264 e. The Morgan fingerprint density at radius 2 is 1.61 bits per heavy atom. The fourth-order valence-electron chi connectivity index (χ4n) is 3.55. The van der Waals surface area contributed by atoms with E-state index in [0.29, 0.717) is 24.6 Å².